The second-order valence-electron chi connectivity index (χ2n) is 14.5. The number of carboxylic acid groups (broad SMARTS) is 1. The summed E-state index contributed by atoms with van der Waals surface area (Å²) in [5.74, 6) is -2.39. The summed E-state index contributed by atoms with van der Waals surface area (Å²) in [7, 11) is -4.71. The molecule has 0 aromatic heterocycles. The second-order valence-corrected chi connectivity index (χ2v) is 15.9. The van der Waals surface area contributed by atoms with Crippen molar-refractivity contribution >= 4 is 25.7 Å². The Hall–Kier alpha value is -2.04. The highest BCUT2D eigenvalue weighted by Crippen LogP contribution is 2.43. The summed E-state index contributed by atoms with van der Waals surface area (Å²) < 4.78 is 32.6. The fourth-order valence-corrected chi connectivity index (χ4v) is 6.52. The number of hydrogen-bond acceptors (Lipinski definition) is 9. The molecule has 54 heavy (non-hydrogen) atoms. The molecular weight excluding hydrogens is 709 g/mol. The molecule has 0 radical (unpaired) electrons. The Bertz CT molecular complexity index is 1020. The summed E-state index contributed by atoms with van der Waals surface area (Å²) >= 11 is 0. The van der Waals surface area contributed by atoms with E-state index in [2.05, 4.69) is 42.7 Å². The summed E-state index contributed by atoms with van der Waals surface area (Å²) in [4.78, 5) is 45.8. The minimum Gasteiger partial charge on any atom is -0.480 e. The first kappa shape index (κ1) is 52.0. The lowest BCUT2D eigenvalue weighted by molar-refractivity contribution is -0.161. The van der Waals surface area contributed by atoms with Gasteiger partial charge in [0.05, 0.1) is 13.2 Å². The fourth-order valence-electron chi connectivity index (χ4n) is 5.75. The van der Waals surface area contributed by atoms with E-state index < -0.39 is 51.1 Å². The first-order valence-electron chi connectivity index (χ1n) is 21.4. The van der Waals surface area contributed by atoms with E-state index in [9.17, 15) is 23.8 Å². The van der Waals surface area contributed by atoms with Crippen molar-refractivity contribution in [3.8, 4) is 0 Å². The van der Waals surface area contributed by atoms with E-state index in [1.807, 2.05) is 0 Å². The summed E-state index contributed by atoms with van der Waals surface area (Å²) in [5.41, 5.74) is 5.32. The zero-order chi connectivity index (χ0) is 40.0. The number of hydrogen-bond donors (Lipinski definition) is 3. The van der Waals surface area contributed by atoms with Crippen LogP contribution in [0, 0.1) is 0 Å². The third-order valence-electron chi connectivity index (χ3n) is 9.17. The normalized spacial score (nSPS) is 14.0. The van der Waals surface area contributed by atoms with Crippen LogP contribution in [0.1, 0.15) is 194 Å². The molecule has 0 saturated heterocycles. The van der Waals surface area contributed by atoms with Gasteiger partial charge in [0.1, 0.15) is 12.6 Å². The van der Waals surface area contributed by atoms with Crippen molar-refractivity contribution in [2.75, 3.05) is 19.8 Å². The van der Waals surface area contributed by atoms with E-state index in [0.717, 1.165) is 64.2 Å². The largest absolute Gasteiger partial charge is 0.480 e. The predicted molar refractivity (Wildman–Crippen MR) is 217 cm³/mol. The number of phosphoric ester groups is 1. The summed E-state index contributed by atoms with van der Waals surface area (Å²) in [6, 6.07) is -1.52. The molecule has 0 saturated carbocycles. The lowest BCUT2D eigenvalue weighted by Gasteiger charge is -2.20. The molecule has 3 atom stereocenters. The molecule has 0 aliphatic rings. The number of carbonyl (C=O) groups is 3. The van der Waals surface area contributed by atoms with Gasteiger partial charge in [-0.1, -0.05) is 147 Å². The zero-order valence-electron chi connectivity index (χ0n) is 34.1. The molecule has 4 N–H and O–H groups in total. The lowest BCUT2D eigenvalue weighted by Crippen LogP contribution is -2.34. The SMILES string of the molecule is CCCC/C=C\CCCCCCCC(=O)O[C@H](COC(=O)CCCCCCCCC/C=C\CCCCCCCCCC)COP(=O)(O)OC[C@H](N)C(=O)O. The summed E-state index contributed by atoms with van der Waals surface area (Å²) in [6.07, 6.45) is 38.2. The number of phosphoric acid groups is 1. The van der Waals surface area contributed by atoms with Gasteiger partial charge in [0.2, 0.25) is 0 Å². The van der Waals surface area contributed by atoms with Crippen molar-refractivity contribution in [1.29, 1.82) is 0 Å². The quantitative estimate of drug-likeness (QED) is 0.0233. The first-order valence-corrected chi connectivity index (χ1v) is 22.9. The summed E-state index contributed by atoms with van der Waals surface area (Å²) in [6.45, 7) is 2.75. The van der Waals surface area contributed by atoms with Crippen LogP contribution in [0.5, 0.6) is 0 Å². The van der Waals surface area contributed by atoms with Crippen molar-refractivity contribution in [3.63, 3.8) is 0 Å². The van der Waals surface area contributed by atoms with Crippen molar-refractivity contribution < 1.29 is 47.5 Å². The topological polar surface area (TPSA) is 172 Å². The maximum atomic E-state index is 12.6. The van der Waals surface area contributed by atoms with Crippen LogP contribution in [0.3, 0.4) is 0 Å². The van der Waals surface area contributed by atoms with Gasteiger partial charge in [0, 0.05) is 12.8 Å². The third kappa shape index (κ3) is 36.9. The van der Waals surface area contributed by atoms with Crippen LogP contribution in [0.4, 0.5) is 0 Å². The lowest BCUT2D eigenvalue weighted by atomic mass is 10.1. The number of allylic oxidation sites excluding steroid dienone is 4. The monoisotopic (exact) mass is 788 g/mol. The van der Waals surface area contributed by atoms with Gasteiger partial charge in [-0.2, -0.15) is 0 Å². The van der Waals surface area contributed by atoms with Crippen LogP contribution in [0.2, 0.25) is 0 Å². The molecule has 1 unspecified atom stereocenters. The molecule has 0 fully saturated rings. The Balaban J connectivity index is 4.31. The van der Waals surface area contributed by atoms with Crippen molar-refractivity contribution in [2.24, 2.45) is 5.73 Å². The molecule has 0 aromatic carbocycles. The Morgan fingerprint density at radius 3 is 1.41 bits per heavy atom. The average molecular weight is 788 g/mol. The maximum Gasteiger partial charge on any atom is 0.472 e. The average Bonchev–Trinajstić information content (AvgIpc) is 3.14. The van der Waals surface area contributed by atoms with Gasteiger partial charge in [-0.15, -0.1) is 0 Å². The molecular formula is C42H78NO10P. The van der Waals surface area contributed by atoms with E-state index in [1.165, 1.54) is 89.9 Å². The molecule has 0 rings (SSSR count). The fraction of sp³-hybridized carbons (Fsp3) is 0.833. The first-order chi connectivity index (χ1) is 26.1. The molecule has 0 aromatic rings. The second kappa shape index (κ2) is 37.9. The molecule has 11 nitrogen and oxygen atoms in total. The van der Waals surface area contributed by atoms with E-state index in [1.54, 1.807) is 0 Å². The number of unbranched alkanes of at least 4 members (excludes halogenated alkanes) is 22. The van der Waals surface area contributed by atoms with E-state index >= 15 is 0 Å². The molecule has 0 aliphatic carbocycles. The van der Waals surface area contributed by atoms with Gasteiger partial charge in [0.25, 0.3) is 0 Å². The predicted octanol–water partition coefficient (Wildman–Crippen LogP) is 11.1. The van der Waals surface area contributed by atoms with E-state index in [0.29, 0.717) is 12.8 Å². The zero-order valence-corrected chi connectivity index (χ0v) is 35.0. The minimum absolute atomic E-state index is 0.151. The van der Waals surface area contributed by atoms with Gasteiger partial charge in [-0.3, -0.25) is 23.4 Å². The van der Waals surface area contributed by atoms with Gasteiger partial charge >= 0.3 is 25.7 Å². The number of esters is 2. The highest BCUT2D eigenvalue weighted by Gasteiger charge is 2.28. The maximum absolute atomic E-state index is 12.6. The molecule has 0 heterocycles. The van der Waals surface area contributed by atoms with Crippen molar-refractivity contribution in [3.05, 3.63) is 24.3 Å². The number of carboxylic acids is 1. The number of rotatable bonds is 40. The van der Waals surface area contributed by atoms with Crippen LogP contribution >= 0.6 is 7.82 Å². The Labute approximate surface area is 328 Å². The van der Waals surface area contributed by atoms with Crippen LogP contribution in [-0.4, -0.2) is 59.9 Å². The van der Waals surface area contributed by atoms with Crippen molar-refractivity contribution in [2.45, 2.75) is 206 Å². The molecule has 0 bridgehead atoms. The van der Waals surface area contributed by atoms with Crippen molar-refractivity contribution in [1.82, 2.24) is 0 Å². The van der Waals surface area contributed by atoms with Gasteiger partial charge in [-0.05, 0) is 57.8 Å². The van der Waals surface area contributed by atoms with Crippen LogP contribution in [0.25, 0.3) is 0 Å². The molecule has 0 aliphatic heterocycles. The van der Waals surface area contributed by atoms with Gasteiger partial charge < -0.3 is 25.2 Å². The van der Waals surface area contributed by atoms with Crippen LogP contribution in [-0.2, 0) is 37.5 Å². The Kier molecular flexibility index (Phi) is 36.4. The highest BCUT2D eigenvalue weighted by atomic mass is 31.2. The number of nitrogens with two attached hydrogens (primary N) is 1. The van der Waals surface area contributed by atoms with Gasteiger partial charge in [-0.25, -0.2) is 4.57 Å². The van der Waals surface area contributed by atoms with E-state index in [-0.39, 0.29) is 19.4 Å². The Morgan fingerprint density at radius 2 is 0.944 bits per heavy atom. The molecule has 0 amide bonds. The van der Waals surface area contributed by atoms with Gasteiger partial charge in [0.15, 0.2) is 6.10 Å². The van der Waals surface area contributed by atoms with Crippen LogP contribution < -0.4 is 5.73 Å². The molecule has 0 spiro atoms. The number of ether oxygens (including phenoxy) is 2. The minimum atomic E-state index is -4.71. The van der Waals surface area contributed by atoms with E-state index in [4.69, 9.17) is 24.8 Å². The Morgan fingerprint density at radius 1 is 0.556 bits per heavy atom. The third-order valence-corrected chi connectivity index (χ3v) is 10.1. The standard InChI is InChI=1S/C42H78NO10P/c1-3-5-7-9-11-13-15-16-17-18-19-20-21-22-24-25-27-29-31-33-40(44)50-35-38(36-51-54(48,49)52-37-39(43)42(46)47)53-41(45)34-32-30-28-26-23-14-12-10-8-6-4-2/h10,12,18-19,38-39H,3-9,11,13-17,20-37,43H2,1-2H3,(H,46,47)(H,48,49)/b12-10-,19-18-/t38-,39+/m1/s1. The molecule has 12 heteroatoms. The molecule has 316 valence electrons. The summed E-state index contributed by atoms with van der Waals surface area (Å²) in [5, 5.41) is 8.87. The number of carbonyl (C=O) groups excluding carboxylic acids is 2. The van der Waals surface area contributed by atoms with Crippen LogP contribution in [0.15, 0.2) is 24.3 Å². The smallest absolute Gasteiger partial charge is 0.472 e. The highest BCUT2D eigenvalue weighted by molar-refractivity contribution is 7.47. The number of aliphatic carboxylic acids is 1.